The number of amides is 1. The number of alkyl halides is 3. The second kappa shape index (κ2) is 6.84. The van der Waals surface area contributed by atoms with Crippen LogP contribution in [-0.4, -0.2) is 37.9 Å². The highest BCUT2D eigenvalue weighted by Crippen LogP contribution is 2.37. The number of nitrogens with one attached hydrogen (secondary N) is 1. The summed E-state index contributed by atoms with van der Waals surface area (Å²) >= 11 is 0. The van der Waals surface area contributed by atoms with Crippen molar-refractivity contribution in [2.24, 2.45) is 5.92 Å². The minimum atomic E-state index is -4.66. The molecule has 1 N–H and O–H groups in total. The zero-order valence-corrected chi connectivity index (χ0v) is 12.9. The van der Waals surface area contributed by atoms with E-state index in [1.165, 1.54) is 12.1 Å². The van der Waals surface area contributed by atoms with E-state index >= 15 is 0 Å². The predicted octanol–water partition coefficient (Wildman–Crippen LogP) is 2.94. The van der Waals surface area contributed by atoms with Crippen molar-refractivity contribution in [1.82, 2.24) is 5.32 Å². The largest absolute Gasteiger partial charge is 0.475 e. The molecule has 0 bridgehead atoms. The summed E-state index contributed by atoms with van der Waals surface area (Å²) in [4.78, 5) is 12.3. The van der Waals surface area contributed by atoms with Crippen LogP contribution >= 0.6 is 0 Å². The lowest BCUT2D eigenvalue weighted by atomic mass is 9.99. The van der Waals surface area contributed by atoms with Crippen molar-refractivity contribution < 1.29 is 27.4 Å². The molecule has 2 atom stereocenters. The van der Waals surface area contributed by atoms with Crippen LogP contribution in [0.4, 0.5) is 13.2 Å². The van der Waals surface area contributed by atoms with Gasteiger partial charge in [-0.1, -0.05) is 18.2 Å². The van der Waals surface area contributed by atoms with Crippen LogP contribution in [0.5, 0.6) is 5.75 Å². The van der Waals surface area contributed by atoms with Gasteiger partial charge in [0.1, 0.15) is 5.75 Å². The van der Waals surface area contributed by atoms with Gasteiger partial charge in [-0.2, -0.15) is 13.2 Å². The number of hydrogen-bond donors (Lipinski definition) is 1. The highest BCUT2D eigenvalue weighted by molar-refractivity contribution is 6.00. The third kappa shape index (κ3) is 3.72. The summed E-state index contributed by atoms with van der Waals surface area (Å²) in [5.74, 6) is -0.501. The van der Waals surface area contributed by atoms with Crippen molar-refractivity contribution in [1.29, 1.82) is 0 Å². The van der Waals surface area contributed by atoms with Crippen LogP contribution in [0, 0.1) is 5.92 Å². The van der Waals surface area contributed by atoms with Gasteiger partial charge >= 0.3 is 6.18 Å². The fourth-order valence-electron chi connectivity index (χ4n) is 2.88. The molecule has 3 rings (SSSR count). The number of fused-ring (bicyclic) bond motifs is 1. The van der Waals surface area contributed by atoms with E-state index in [1.54, 1.807) is 18.2 Å². The second-order valence-electron chi connectivity index (χ2n) is 5.97. The number of ether oxygens (including phenoxy) is 2. The van der Waals surface area contributed by atoms with Gasteiger partial charge in [0.15, 0.2) is 0 Å². The Kier molecular flexibility index (Phi) is 4.80. The molecule has 0 aliphatic carbocycles. The van der Waals surface area contributed by atoms with Gasteiger partial charge in [-0.05, 0) is 30.9 Å². The average Bonchev–Trinajstić information content (AvgIpc) is 2.58. The standard InChI is InChI=1S/C17H18F3NO3/c18-17(19,20)15-13(8-12-5-1-2-6-14(12)24-15)16(22)21-9-11-4-3-7-23-10-11/h1-2,5-6,8,11,15H,3-4,7,9-10H2,(H,21,22). The molecule has 1 fully saturated rings. The third-order valence-electron chi connectivity index (χ3n) is 4.12. The molecule has 1 amide bonds. The summed E-state index contributed by atoms with van der Waals surface area (Å²) in [5, 5.41) is 2.59. The van der Waals surface area contributed by atoms with Crippen molar-refractivity contribution in [2.45, 2.75) is 25.1 Å². The summed E-state index contributed by atoms with van der Waals surface area (Å²) in [6.45, 7) is 1.50. The molecule has 24 heavy (non-hydrogen) atoms. The smallest absolute Gasteiger partial charge is 0.429 e. The first kappa shape index (κ1) is 16.8. The molecule has 4 nitrogen and oxygen atoms in total. The van der Waals surface area contributed by atoms with E-state index < -0.39 is 23.8 Å². The minimum Gasteiger partial charge on any atom is -0.475 e. The fraction of sp³-hybridized carbons (Fsp3) is 0.471. The molecule has 0 aromatic heterocycles. The van der Waals surface area contributed by atoms with E-state index in [1.807, 2.05) is 0 Å². The van der Waals surface area contributed by atoms with Crippen LogP contribution in [0.2, 0.25) is 0 Å². The molecule has 0 saturated carbocycles. The van der Waals surface area contributed by atoms with E-state index in [4.69, 9.17) is 9.47 Å². The topological polar surface area (TPSA) is 47.6 Å². The summed E-state index contributed by atoms with van der Waals surface area (Å²) in [5.41, 5.74) is 0.0436. The molecule has 2 heterocycles. The van der Waals surface area contributed by atoms with Crippen molar-refractivity contribution in [3.05, 3.63) is 35.4 Å². The van der Waals surface area contributed by atoms with Gasteiger partial charge in [0.25, 0.3) is 5.91 Å². The second-order valence-corrected chi connectivity index (χ2v) is 5.97. The lowest BCUT2D eigenvalue weighted by Crippen LogP contribution is -2.44. The highest BCUT2D eigenvalue weighted by atomic mass is 19.4. The number of hydrogen-bond acceptors (Lipinski definition) is 3. The summed E-state index contributed by atoms with van der Waals surface area (Å²) < 4.78 is 50.2. The number of carbonyl (C=O) groups is 1. The van der Waals surface area contributed by atoms with Crippen molar-refractivity contribution in [2.75, 3.05) is 19.8 Å². The monoisotopic (exact) mass is 341 g/mol. The van der Waals surface area contributed by atoms with Crippen LogP contribution in [0.3, 0.4) is 0 Å². The third-order valence-corrected chi connectivity index (χ3v) is 4.12. The maximum absolute atomic E-state index is 13.3. The van der Waals surface area contributed by atoms with Crippen LogP contribution < -0.4 is 10.1 Å². The van der Waals surface area contributed by atoms with Crippen LogP contribution in [0.1, 0.15) is 18.4 Å². The van der Waals surface area contributed by atoms with Gasteiger partial charge in [-0.25, -0.2) is 0 Å². The Hall–Kier alpha value is -2.02. The van der Waals surface area contributed by atoms with E-state index in [-0.39, 0.29) is 11.7 Å². The number of carbonyl (C=O) groups excluding carboxylic acids is 1. The first-order chi connectivity index (χ1) is 11.4. The normalized spacial score (nSPS) is 23.7. The molecule has 1 aromatic rings. The van der Waals surface area contributed by atoms with Crippen LogP contribution in [0.25, 0.3) is 6.08 Å². The maximum atomic E-state index is 13.3. The number of para-hydroxylation sites is 1. The Labute approximate surface area is 137 Å². The van der Waals surface area contributed by atoms with Gasteiger partial charge in [0.05, 0.1) is 12.2 Å². The Bertz CT molecular complexity index is 636. The Balaban J connectivity index is 1.76. The Morgan fingerprint density at radius 1 is 1.29 bits per heavy atom. The molecule has 0 spiro atoms. The van der Waals surface area contributed by atoms with Crippen molar-refractivity contribution in [3.63, 3.8) is 0 Å². The molecular weight excluding hydrogens is 323 g/mol. The van der Waals surface area contributed by atoms with E-state index in [2.05, 4.69) is 5.32 Å². The van der Waals surface area contributed by atoms with Crippen LogP contribution in [-0.2, 0) is 9.53 Å². The minimum absolute atomic E-state index is 0.122. The Morgan fingerprint density at radius 2 is 2.08 bits per heavy atom. The van der Waals surface area contributed by atoms with Gasteiger partial charge < -0.3 is 14.8 Å². The number of benzene rings is 1. The van der Waals surface area contributed by atoms with Crippen molar-refractivity contribution in [3.8, 4) is 5.75 Å². The zero-order valence-electron chi connectivity index (χ0n) is 12.9. The van der Waals surface area contributed by atoms with Crippen molar-refractivity contribution >= 4 is 12.0 Å². The van der Waals surface area contributed by atoms with E-state index in [0.717, 1.165) is 12.8 Å². The SMILES string of the molecule is O=C(NCC1CCCOC1)C1=Cc2ccccc2OC1C(F)(F)F. The lowest BCUT2D eigenvalue weighted by Gasteiger charge is -2.29. The first-order valence-corrected chi connectivity index (χ1v) is 7.85. The first-order valence-electron chi connectivity index (χ1n) is 7.85. The van der Waals surface area contributed by atoms with Crippen LogP contribution in [0.15, 0.2) is 29.8 Å². The Morgan fingerprint density at radius 3 is 2.79 bits per heavy atom. The summed E-state index contributed by atoms with van der Waals surface area (Å²) in [6.07, 6.45) is -3.88. The zero-order chi connectivity index (χ0) is 17.2. The predicted molar refractivity (Wildman–Crippen MR) is 81.4 cm³/mol. The average molecular weight is 341 g/mol. The molecule has 0 radical (unpaired) electrons. The molecule has 2 unspecified atom stereocenters. The molecule has 7 heteroatoms. The molecule has 2 aliphatic rings. The molecular formula is C17H18F3NO3. The van der Waals surface area contributed by atoms with Gasteiger partial charge in [0, 0.05) is 18.7 Å². The molecule has 1 saturated heterocycles. The summed E-state index contributed by atoms with van der Waals surface area (Å²) in [6, 6.07) is 6.35. The molecule has 1 aromatic carbocycles. The quantitative estimate of drug-likeness (QED) is 0.920. The lowest BCUT2D eigenvalue weighted by molar-refractivity contribution is -0.185. The van der Waals surface area contributed by atoms with Gasteiger partial charge in [-0.3, -0.25) is 4.79 Å². The summed E-state index contributed by atoms with van der Waals surface area (Å²) in [7, 11) is 0. The fourth-order valence-corrected chi connectivity index (χ4v) is 2.88. The van der Waals surface area contributed by atoms with E-state index in [9.17, 15) is 18.0 Å². The van der Waals surface area contributed by atoms with E-state index in [0.29, 0.717) is 25.3 Å². The highest BCUT2D eigenvalue weighted by Gasteiger charge is 2.48. The number of halogens is 3. The number of rotatable bonds is 3. The molecule has 2 aliphatic heterocycles. The molecule has 130 valence electrons. The van der Waals surface area contributed by atoms with Gasteiger partial charge in [-0.15, -0.1) is 0 Å². The maximum Gasteiger partial charge on any atom is 0.429 e. The van der Waals surface area contributed by atoms with Gasteiger partial charge in [0.2, 0.25) is 6.10 Å².